The number of hydrogen-bond acceptors (Lipinski definition) is 5. The molecule has 0 aliphatic carbocycles. The number of aromatic nitrogens is 3. The van der Waals surface area contributed by atoms with E-state index in [4.69, 9.17) is 4.52 Å². The highest BCUT2D eigenvalue weighted by molar-refractivity contribution is 5.91. The third-order valence-corrected chi connectivity index (χ3v) is 4.50. The van der Waals surface area contributed by atoms with Gasteiger partial charge in [-0.3, -0.25) is 14.4 Å². The van der Waals surface area contributed by atoms with Crippen molar-refractivity contribution in [2.75, 3.05) is 18.4 Å². The molecule has 0 unspecified atom stereocenters. The van der Waals surface area contributed by atoms with E-state index in [1.54, 1.807) is 13.0 Å². The fourth-order valence-corrected chi connectivity index (χ4v) is 3.41. The normalized spacial score (nSPS) is 18.5. The highest BCUT2D eigenvalue weighted by Crippen LogP contribution is 2.35. The van der Waals surface area contributed by atoms with E-state index >= 15 is 0 Å². The van der Waals surface area contributed by atoms with Gasteiger partial charge in [-0.05, 0) is 40.2 Å². The topological polar surface area (TPSA) is 76.2 Å². The first-order valence-electron chi connectivity index (χ1n) is 7.93. The van der Waals surface area contributed by atoms with Crippen molar-refractivity contribution in [2.24, 2.45) is 7.05 Å². The predicted octanol–water partition coefficient (Wildman–Crippen LogP) is 2.11. The molecule has 0 spiro atoms. The Hall–Kier alpha value is -2.15. The van der Waals surface area contributed by atoms with Gasteiger partial charge in [0.1, 0.15) is 5.76 Å². The minimum atomic E-state index is -0.0654. The summed E-state index contributed by atoms with van der Waals surface area (Å²) in [7, 11) is 1.96. The van der Waals surface area contributed by atoms with E-state index in [1.165, 1.54) is 11.3 Å². The van der Waals surface area contributed by atoms with Crippen LogP contribution in [0.1, 0.15) is 41.6 Å². The van der Waals surface area contributed by atoms with Crippen molar-refractivity contribution in [1.29, 1.82) is 0 Å². The molecule has 124 valence electrons. The summed E-state index contributed by atoms with van der Waals surface area (Å²) < 4.78 is 6.89. The summed E-state index contributed by atoms with van der Waals surface area (Å²) in [5, 5.41) is 11.1. The fourth-order valence-electron chi connectivity index (χ4n) is 3.41. The van der Waals surface area contributed by atoms with Crippen LogP contribution in [0.5, 0.6) is 0 Å². The summed E-state index contributed by atoms with van der Waals surface area (Å²) in [5.41, 5.74) is 3.48. The lowest BCUT2D eigenvalue weighted by molar-refractivity contribution is -0.117. The van der Waals surface area contributed by atoms with Crippen molar-refractivity contribution in [3.8, 4) is 0 Å². The molecular formula is C16H23N5O2. The standard InChI is InChI=1S/C16H23N5O2/c1-10-8-14(19-23-10)17-15(22)9-21-7-5-6-13(21)16-11(2)18-20(4)12(16)3/h8,13H,5-7,9H2,1-4H3,(H,17,19,22)/t13-/m0/s1. The molecule has 1 aliphatic heterocycles. The lowest BCUT2D eigenvalue weighted by atomic mass is 10.0. The monoisotopic (exact) mass is 317 g/mol. The zero-order valence-corrected chi connectivity index (χ0v) is 14.1. The first kappa shape index (κ1) is 15.7. The third kappa shape index (κ3) is 3.14. The predicted molar refractivity (Wildman–Crippen MR) is 86.1 cm³/mol. The van der Waals surface area contributed by atoms with Gasteiger partial charge in [0, 0.05) is 30.4 Å². The third-order valence-electron chi connectivity index (χ3n) is 4.50. The van der Waals surface area contributed by atoms with Gasteiger partial charge in [-0.25, -0.2) is 0 Å². The Bertz CT molecular complexity index is 718. The molecule has 3 heterocycles. The molecule has 1 amide bonds. The number of nitrogens with zero attached hydrogens (tertiary/aromatic N) is 4. The Morgan fingerprint density at radius 3 is 2.83 bits per heavy atom. The van der Waals surface area contributed by atoms with Crippen molar-refractivity contribution >= 4 is 11.7 Å². The summed E-state index contributed by atoms with van der Waals surface area (Å²) in [6.07, 6.45) is 2.15. The summed E-state index contributed by atoms with van der Waals surface area (Å²) in [4.78, 5) is 14.5. The number of anilines is 1. The van der Waals surface area contributed by atoms with E-state index in [1.807, 2.05) is 18.7 Å². The Labute approximate surface area is 135 Å². The second-order valence-electron chi connectivity index (χ2n) is 6.21. The number of likely N-dealkylation sites (tertiary alicyclic amines) is 1. The first-order chi connectivity index (χ1) is 11.0. The van der Waals surface area contributed by atoms with Crippen LogP contribution in [-0.2, 0) is 11.8 Å². The van der Waals surface area contributed by atoms with Crippen LogP contribution in [0.15, 0.2) is 10.6 Å². The molecule has 1 fully saturated rings. The average molecular weight is 317 g/mol. The molecule has 7 nitrogen and oxygen atoms in total. The van der Waals surface area contributed by atoms with Crippen LogP contribution < -0.4 is 5.32 Å². The highest BCUT2D eigenvalue weighted by Gasteiger charge is 2.31. The maximum Gasteiger partial charge on any atom is 0.239 e. The molecule has 0 saturated carbocycles. The molecule has 23 heavy (non-hydrogen) atoms. The Kier molecular flexibility index (Phi) is 4.21. The number of nitrogens with one attached hydrogen (secondary N) is 1. The number of carbonyl (C=O) groups is 1. The molecule has 2 aromatic heterocycles. The van der Waals surface area contributed by atoms with Crippen molar-refractivity contribution < 1.29 is 9.32 Å². The highest BCUT2D eigenvalue weighted by atomic mass is 16.5. The Morgan fingerprint density at radius 1 is 1.43 bits per heavy atom. The van der Waals surface area contributed by atoms with Crippen molar-refractivity contribution in [2.45, 2.75) is 39.7 Å². The molecule has 0 bridgehead atoms. The van der Waals surface area contributed by atoms with E-state index in [0.717, 1.165) is 25.1 Å². The molecule has 2 aromatic rings. The van der Waals surface area contributed by atoms with Gasteiger partial charge < -0.3 is 9.84 Å². The first-order valence-corrected chi connectivity index (χ1v) is 7.93. The number of amides is 1. The molecule has 1 aliphatic rings. The van der Waals surface area contributed by atoms with Crippen LogP contribution in [-0.4, -0.2) is 38.8 Å². The zero-order chi connectivity index (χ0) is 16.6. The lowest BCUT2D eigenvalue weighted by Crippen LogP contribution is -2.33. The number of hydrogen-bond donors (Lipinski definition) is 1. The molecule has 0 radical (unpaired) electrons. The Morgan fingerprint density at radius 2 is 2.22 bits per heavy atom. The van der Waals surface area contributed by atoms with Gasteiger partial charge in [0.25, 0.3) is 0 Å². The molecule has 3 rings (SSSR count). The number of rotatable bonds is 4. The molecule has 7 heteroatoms. The quantitative estimate of drug-likeness (QED) is 0.934. The Balaban J connectivity index is 1.70. The van der Waals surface area contributed by atoms with Crippen LogP contribution in [0, 0.1) is 20.8 Å². The zero-order valence-electron chi connectivity index (χ0n) is 14.1. The van der Waals surface area contributed by atoms with Crippen molar-refractivity contribution in [3.63, 3.8) is 0 Å². The largest absolute Gasteiger partial charge is 0.360 e. The van der Waals surface area contributed by atoms with E-state index in [2.05, 4.69) is 27.4 Å². The van der Waals surface area contributed by atoms with Gasteiger partial charge in [0.15, 0.2) is 5.82 Å². The maximum absolute atomic E-state index is 12.3. The van der Waals surface area contributed by atoms with Crippen LogP contribution in [0.25, 0.3) is 0 Å². The second kappa shape index (κ2) is 6.16. The number of carbonyl (C=O) groups excluding carboxylic acids is 1. The summed E-state index contributed by atoms with van der Waals surface area (Å²) in [5.74, 6) is 1.09. The fraction of sp³-hybridized carbons (Fsp3) is 0.562. The maximum atomic E-state index is 12.3. The lowest BCUT2D eigenvalue weighted by Gasteiger charge is -2.24. The van der Waals surface area contributed by atoms with Crippen LogP contribution in [0.2, 0.25) is 0 Å². The second-order valence-corrected chi connectivity index (χ2v) is 6.21. The smallest absolute Gasteiger partial charge is 0.239 e. The van der Waals surface area contributed by atoms with Gasteiger partial charge in [-0.15, -0.1) is 0 Å². The summed E-state index contributed by atoms with van der Waals surface area (Å²) in [6, 6.07) is 1.97. The minimum absolute atomic E-state index is 0.0654. The average Bonchev–Trinajstić information content (AvgIpc) is 3.14. The summed E-state index contributed by atoms with van der Waals surface area (Å²) in [6.45, 7) is 7.20. The molecule has 0 aromatic carbocycles. The molecule has 1 N–H and O–H groups in total. The van der Waals surface area contributed by atoms with Gasteiger partial charge >= 0.3 is 0 Å². The van der Waals surface area contributed by atoms with E-state index in [9.17, 15) is 4.79 Å². The van der Waals surface area contributed by atoms with Gasteiger partial charge in [-0.2, -0.15) is 5.10 Å². The molecule has 1 atom stereocenters. The van der Waals surface area contributed by atoms with E-state index < -0.39 is 0 Å². The van der Waals surface area contributed by atoms with Crippen LogP contribution >= 0.6 is 0 Å². The SMILES string of the molecule is Cc1cc(NC(=O)CN2CCC[C@H]2c2c(C)nn(C)c2C)no1. The minimum Gasteiger partial charge on any atom is -0.360 e. The van der Waals surface area contributed by atoms with Crippen molar-refractivity contribution in [1.82, 2.24) is 19.8 Å². The van der Waals surface area contributed by atoms with Gasteiger partial charge in [0.2, 0.25) is 5.91 Å². The molecule has 1 saturated heterocycles. The van der Waals surface area contributed by atoms with Gasteiger partial charge in [-0.1, -0.05) is 5.16 Å². The van der Waals surface area contributed by atoms with Crippen molar-refractivity contribution in [3.05, 3.63) is 28.8 Å². The van der Waals surface area contributed by atoms with E-state index in [-0.39, 0.29) is 11.9 Å². The van der Waals surface area contributed by atoms with E-state index in [0.29, 0.717) is 18.1 Å². The van der Waals surface area contributed by atoms with Gasteiger partial charge in [0.05, 0.1) is 12.2 Å². The summed E-state index contributed by atoms with van der Waals surface area (Å²) >= 11 is 0. The van der Waals surface area contributed by atoms with Crippen LogP contribution in [0.3, 0.4) is 0 Å². The van der Waals surface area contributed by atoms with Crippen LogP contribution in [0.4, 0.5) is 5.82 Å². The number of aryl methyl sites for hydroxylation is 3. The molecular weight excluding hydrogens is 294 g/mol.